The minimum atomic E-state index is -0.850. The minimum absolute atomic E-state index is 0.158. The highest BCUT2D eigenvalue weighted by atomic mass is 35.5. The Morgan fingerprint density at radius 3 is 2.12 bits per heavy atom. The van der Waals surface area contributed by atoms with Crippen LogP contribution in [0.5, 0.6) is 0 Å². The molecule has 0 spiro atoms. The van der Waals surface area contributed by atoms with Crippen LogP contribution in [0, 0.1) is 12.3 Å². The van der Waals surface area contributed by atoms with Crippen LogP contribution in [-0.2, 0) is 14.3 Å². The number of halogens is 1. The summed E-state index contributed by atoms with van der Waals surface area (Å²) in [4.78, 5) is 25.3. The van der Waals surface area contributed by atoms with E-state index in [0.717, 1.165) is 16.7 Å². The zero-order valence-electron chi connectivity index (χ0n) is 14.8. The van der Waals surface area contributed by atoms with Crippen molar-refractivity contribution < 1.29 is 14.3 Å². The topological polar surface area (TPSA) is 43.4 Å². The predicted octanol–water partition coefficient (Wildman–Crippen LogP) is 4.94. The molecule has 0 radical (unpaired) electrons. The maximum absolute atomic E-state index is 12.8. The van der Waals surface area contributed by atoms with E-state index in [9.17, 15) is 9.59 Å². The van der Waals surface area contributed by atoms with Crippen LogP contribution >= 0.6 is 11.6 Å². The largest absolute Gasteiger partial charge is 0.453 e. The van der Waals surface area contributed by atoms with Crippen LogP contribution in [0.1, 0.15) is 37.8 Å². The fourth-order valence-corrected chi connectivity index (χ4v) is 3.29. The first kappa shape index (κ1) is 17.7. The first-order valence-electron chi connectivity index (χ1n) is 8.29. The molecule has 0 saturated carbocycles. The molecule has 2 aromatic rings. The standard InChI is InChI=1S/C21H21ClO3/c1-12-5-6-14(13-7-9-15(22)10-8-13)11-16(12)17-18(23)19(21(2,3)4)25-20(17)24/h5-11,17,19H,1-4H3. The van der Waals surface area contributed by atoms with Gasteiger partial charge < -0.3 is 4.74 Å². The number of aryl methyl sites for hydroxylation is 1. The highest BCUT2D eigenvalue weighted by Gasteiger charge is 2.49. The number of hydrogen-bond acceptors (Lipinski definition) is 3. The number of ketones is 1. The van der Waals surface area contributed by atoms with E-state index >= 15 is 0 Å². The van der Waals surface area contributed by atoms with Crippen molar-refractivity contribution in [2.75, 3.05) is 0 Å². The van der Waals surface area contributed by atoms with E-state index in [4.69, 9.17) is 16.3 Å². The lowest BCUT2D eigenvalue weighted by Crippen LogP contribution is -2.33. The Morgan fingerprint density at radius 2 is 1.56 bits per heavy atom. The van der Waals surface area contributed by atoms with Gasteiger partial charge in [0.15, 0.2) is 11.9 Å². The van der Waals surface area contributed by atoms with Crippen molar-refractivity contribution in [1.29, 1.82) is 0 Å². The zero-order valence-corrected chi connectivity index (χ0v) is 15.6. The second-order valence-corrected chi connectivity index (χ2v) is 8.03. The number of carbonyl (C=O) groups is 2. The first-order valence-corrected chi connectivity index (χ1v) is 8.67. The van der Waals surface area contributed by atoms with Gasteiger partial charge in [-0.15, -0.1) is 0 Å². The summed E-state index contributed by atoms with van der Waals surface area (Å²) in [6.07, 6.45) is -0.705. The summed E-state index contributed by atoms with van der Waals surface area (Å²) in [5.41, 5.74) is 3.13. The second-order valence-electron chi connectivity index (χ2n) is 7.60. The summed E-state index contributed by atoms with van der Waals surface area (Å²) in [7, 11) is 0. The fourth-order valence-electron chi connectivity index (χ4n) is 3.17. The smallest absolute Gasteiger partial charge is 0.321 e. The molecule has 2 atom stereocenters. The molecule has 0 N–H and O–H groups in total. The number of benzene rings is 2. The summed E-state index contributed by atoms with van der Waals surface area (Å²) in [5, 5.41) is 0.665. The molecule has 1 aliphatic rings. The molecule has 1 aliphatic heterocycles. The van der Waals surface area contributed by atoms with Crippen molar-refractivity contribution in [2.24, 2.45) is 5.41 Å². The molecule has 3 rings (SSSR count). The number of cyclic esters (lactones) is 1. The fraction of sp³-hybridized carbons (Fsp3) is 0.333. The van der Waals surface area contributed by atoms with Crippen molar-refractivity contribution in [1.82, 2.24) is 0 Å². The highest BCUT2D eigenvalue weighted by Crippen LogP contribution is 2.38. The molecule has 0 aliphatic carbocycles. The number of ether oxygens (including phenoxy) is 1. The van der Waals surface area contributed by atoms with Crippen LogP contribution in [0.15, 0.2) is 42.5 Å². The Bertz CT molecular complexity index is 831. The molecule has 130 valence electrons. The van der Waals surface area contributed by atoms with Crippen molar-refractivity contribution in [2.45, 2.75) is 39.7 Å². The molecule has 1 fully saturated rings. The van der Waals surface area contributed by atoms with Crippen molar-refractivity contribution in [3.8, 4) is 11.1 Å². The van der Waals surface area contributed by atoms with Gasteiger partial charge in [-0.1, -0.05) is 56.6 Å². The molecule has 1 heterocycles. The summed E-state index contributed by atoms with van der Waals surface area (Å²) >= 11 is 5.95. The van der Waals surface area contributed by atoms with Crippen LogP contribution < -0.4 is 0 Å². The summed E-state index contributed by atoms with van der Waals surface area (Å²) in [6.45, 7) is 7.62. The van der Waals surface area contributed by atoms with Gasteiger partial charge in [-0.3, -0.25) is 9.59 Å². The Labute approximate surface area is 153 Å². The van der Waals surface area contributed by atoms with Crippen LogP contribution in [0.25, 0.3) is 11.1 Å². The predicted molar refractivity (Wildman–Crippen MR) is 98.7 cm³/mol. The molecular formula is C21H21ClO3. The van der Waals surface area contributed by atoms with Crippen LogP contribution in [0.3, 0.4) is 0 Å². The lowest BCUT2D eigenvalue weighted by Gasteiger charge is -2.23. The van der Waals surface area contributed by atoms with E-state index in [1.54, 1.807) is 0 Å². The molecule has 2 unspecified atom stereocenters. The molecule has 25 heavy (non-hydrogen) atoms. The molecule has 2 aromatic carbocycles. The minimum Gasteiger partial charge on any atom is -0.453 e. The van der Waals surface area contributed by atoms with Gasteiger partial charge in [-0.05, 0) is 47.4 Å². The molecule has 0 amide bonds. The van der Waals surface area contributed by atoms with E-state index in [2.05, 4.69) is 0 Å². The number of rotatable bonds is 2. The van der Waals surface area contributed by atoms with Gasteiger partial charge in [0.05, 0.1) is 0 Å². The Balaban J connectivity index is 2.02. The lowest BCUT2D eigenvalue weighted by molar-refractivity contribution is -0.147. The molecule has 1 saturated heterocycles. The normalized spacial score (nSPS) is 20.7. The molecule has 4 heteroatoms. The zero-order chi connectivity index (χ0) is 18.4. The summed E-state index contributed by atoms with van der Waals surface area (Å²) in [5.74, 6) is -1.47. The second kappa shape index (κ2) is 6.30. The van der Waals surface area contributed by atoms with Gasteiger partial charge in [-0.25, -0.2) is 0 Å². The van der Waals surface area contributed by atoms with E-state index in [-0.39, 0.29) is 5.78 Å². The van der Waals surface area contributed by atoms with Crippen molar-refractivity contribution >= 4 is 23.4 Å². The third kappa shape index (κ3) is 3.34. The van der Waals surface area contributed by atoms with E-state index in [0.29, 0.717) is 10.6 Å². The van der Waals surface area contributed by atoms with Gasteiger partial charge in [0.2, 0.25) is 0 Å². The van der Waals surface area contributed by atoms with Crippen molar-refractivity contribution in [3.05, 3.63) is 58.6 Å². The summed E-state index contributed by atoms with van der Waals surface area (Å²) < 4.78 is 5.42. The van der Waals surface area contributed by atoms with Gasteiger partial charge >= 0.3 is 5.97 Å². The van der Waals surface area contributed by atoms with E-state index in [1.165, 1.54) is 0 Å². The highest BCUT2D eigenvalue weighted by molar-refractivity contribution is 6.30. The Kier molecular flexibility index (Phi) is 4.46. The SMILES string of the molecule is Cc1ccc(-c2ccc(Cl)cc2)cc1C1C(=O)OC(C(C)(C)C)C1=O. The van der Waals surface area contributed by atoms with E-state index < -0.39 is 23.4 Å². The number of hydrogen-bond donors (Lipinski definition) is 0. The first-order chi connectivity index (χ1) is 11.7. The van der Waals surface area contributed by atoms with Crippen molar-refractivity contribution in [3.63, 3.8) is 0 Å². The Morgan fingerprint density at radius 1 is 0.960 bits per heavy atom. The Hall–Kier alpha value is -2.13. The number of esters is 1. The van der Waals surface area contributed by atoms with Gasteiger partial charge in [-0.2, -0.15) is 0 Å². The monoisotopic (exact) mass is 356 g/mol. The number of carbonyl (C=O) groups excluding carboxylic acids is 2. The molecule has 0 aromatic heterocycles. The van der Waals surface area contributed by atoms with Gasteiger partial charge in [0.25, 0.3) is 0 Å². The molecular weight excluding hydrogens is 336 g/mol. The maximum atomic E-state index is 12.8. The third-order valence-electron chi connectivity index (χ3n) is 4.57. The third-order valence-corrected chi connectivity index (χ3v) is 4.82. The lowest BCUT2D eigenvalue weighted by atomic mass is 9.81. The van der Waals surface area contributed by atoms with Gasteiger partial charge in [0.1, 0.15) is 5.92 Å². The van der Waals surface area contributed by atoms with Crippen LogP contribution in [0.2, 0.25) is 5.02 Å². The number of Topliss-reactive ketones (excluding diaryl/α,β-unsaturated/α-hetero) is 1. The molecule has 3 nitrogen and oxygen atoms in total. The van der Waals surface area contributed by atoms with E-state index in [1.807, 2.05) is 70.2 Å². The maximum Gasteiger partial charge on any atom is 0.321 e. The summed E-state index contributed by atoms with van der Waals surface area (Å²) in [6, 6.07) is 13.3. The molecule has 0 bridgehead atoms. The quantitative estimate of drug-likeness (QED) is 0.565. The van der Waals surface area contributed by atoms with Gasteiger partial charge in [0, 0.05) is 10.4 Å². The average Bonchev–Trinajstić information content (AvgIpc) is 2.84. The van der Waals surface area contributed by atoms with Crippen LogP contribution in [0.4, 0.5) is 0 Å². The average molecular weight is 357 g/mol. The van der Waals surface area contributed by atoms with Crippen LogP contribution in [-0.4, -0.2) is 17.9 Å².